The van der Waals surface area contributed by atoms with Crippen molar-refractivity contribution in [2.24, 2.45) is 0 Å². The van der Waals surface area contributed by atoms with Crippen LogP contribution in [0.5, 0.6) is 0 Å². The van der Waals surface area contributed by atoms with Crippen molar-refractivity contribution in [1.82, 2.24) is 15.0 Å². The van der Waals surface area contributed by atoms with Crippen molar-refractivity contribution < 1.29 is 4.42 Å². The molecule has 0 saturated heterocycles. The van der Waals surface area contributed by atoms with Gasteiger partial charge in [-0.05, 0) is 79.9 Å². The number of nitrogens with zero attached hydrogens (tertiary/aromatic N) is 3. The summed E-state index contributed by atoms with van der Waals surface area (Å²) in [6.07, 6.45) is 0. The van der Waals surface area contributed by atoms with Gasteiger partial charge in [0.1, 0.15) is 11.2 Å². The molecule has 286 valence electrons. The summed E-state index contributed by atoms with van der Waals surface area (Å²) in [4.78, 5) is 15.3. The Kier molecular flexibility index (Phi) is 9.14. The van der Waals surface area contributed by atoms with Gasteiger partial charge in [-0.3, -0.25) is 0 Å². The van der Waals surface area contributed by atoms with Gasteiger partial charge in [0.2, 0.25) is 0 Å². The Morgan fingerprint density at radius 2 is 0.623 bits per heavy atom. The second kappa shape index (κ2) is 15.5. The normalized spacial score (nSPS) is 11.3. The number of hydrogen-bond acceptors (Lipinski definition) is 4. The summed E-state index contributed by atoms with van der Waals surface area (Å²) in [6, 6.07) is 78.2. The van der Waals surface area contributed by atoms with Crippen LogP contribution in [0.15, 0.2) is 229 Å². The maximum atomic E-state index is 6.51. The first-order valence-electron chi connectivity index (χ1n) is 20.5. The van der Waals surface area contributed by atoms with Crippen LogP contribution in [-0.4, -0.2) is 15.0 Å². The molecular weight excluding hydrogens is 743 g/mol. The lowest BCUT2D eigenvalue weighted by Crippen LogP contribution is -2.00. The van der Waals surface area contributed by atoms with Crippen LogP contribution in [0.4, 0.5) is 0 Å². The van der Waals surface area contributed by atoms with Gasteiger partial charge in [-0.1, -0.05) is 200 Å². The minimum Gasteiger partial charge on any atom is -0.456 e. The minimum atomic E-state index is 0.575. The zero-order valence-electron chi connectivity index (χ0n) is 33.1. The Balaban J connectivity index is 0.977. The molecule has 4 heteroatoms. The second-order valence-corrected chi connectivity index (χ2v) is 15.2. The maximum Gasteiger partial charge on any atom is 0.164 e. The summed E-state index contributed by atoms with van der Waals surface area (Å²) >= 11 is 0. The molecule has 0 spiro atoms. The van der Waals surface area contributed by atoms with E-state index in [0.29, 0.717) is 17.5 Å². The third-order valence-corrected chi connectivity index (χ3v) is 11.4. The first-order valence-corrected chi connectivity index (χ1v) is 20.5. The van der Waals surface area contributed by atoms with Crippen LogP contribution in [0.3, 0.4) is 0 Å². The van der Waals surface area contributed by atoms with Gasteiger partial charge in [0, 0.05) is 27.5 Å². The summed E-state index contributed by atoms with van der Waals surface area (Å²) in [5, 5.41) is 2.14. The van der Waals surface area contributed by atoms with Crippen molar-refractivity contribution in [3.63, 3.8) is 0 Å². The van der Waals surface area contributed by atoms with E-state index in [1.165, 1.54) is 22.3 Å². The second-order valence-electron chi connectivity index (χ2n) is 15.2. The average Bonchev–Trinajstić information content (AvgIpc) is 3.73. The SMILES string of the molecule is c1ccc(-c2ccc(-c3ccc(-c4nc(-c5ccc(-c6cccc(-c7ccccc7)c6)cc5)nc(-c5ccc6c(c5)oc5cccc(-c7ccccc7)c56)n4)cc3)cc2)cc1. The topological polar surface area (TPSA) is 51.8 Å². The molecule has 11 aromatic rings. The molecule has 11 rings (SSSR count). The van der Waals surface area contributed by atoms with E-state index in [4.69, 9.17) is 19.4 Å². The first-order chi connectivity index (χ1) is 30.2. The Labute approximate surface area is 354 Å². The van der Waals surface area contributed by atoms with Gasteiger partial charge in [0.05, 0.1) is 0 Å². The summed E-state index contributed by atoms with van der Waals surface area (Å²) in [5.41, 5.74) is 15.9. The number of benzene rings is 9. The highest BCUT2D eigenvalue weighted by molar-refractivity contribution is 6.13. The van der Waals surface area contributed by atoms with Gasteiger partial charge in [-0.2, -0.15) is 0 Å². The summed E-state index contributed by atoms with van der Waals surface area (Å²) in [7, 11) is 0. The molecule has 4 nitrogen and oxygen atoms in total. The molecule has 2 heterocycles. The highest BCUT2D eigenvalue weighted by Gasteiger charge is 2.17. The molecule has 0 aliphatic carbocycles. The van der Waals surface area contributed by atoms with Gasteiger partial charge in [-0.25, -0.2) is 15.0 Å². The van der Waals surface area contributed by atoms with Crippen LogP contribution < -0.4 is 0 Å². The smallest absolute Gasteiger partial charge is 0.164 e. The molecule has 0 amide bonds. The number of rotatable bonds is 8. The van der Waals surface area contributed by atoms with E-state index in [-0.39, 0.29) is 0 Å². The molecule has 0 radical (unpaired) electrons. The molecule has 0 N–H and O–H groups in total. The lowest BCUT2D eigenvalue weighted by Gasteiger charge is -2.10. The first kappa shape index (κ1) is 35.9. The molecule has 0 aliphatic heterocycles. The quantitative estimate of drug-likeness (QED) is 0.154. The van der Waals surface area contributed by atoms with E-state index in [2.05, 4.69) is 200 Å². The molecule has 2 aromatic heterocycles. The lowest BCUT2D eigenvalue weighted by atomic mass is 9.98. The van der Waals surface area contributed by atoms with Crippen LogP contribution in [0.2, 0.25) is 0 Å². The van der Waals surface area contributed by atoms with E-state index < -0.39 is 0 Å². The molecular formula is C57H37N3O. The van der Waals surface area contributed by atoms with Gasteiger partial charge in [0.25, 0.3) is 0 Å². The van der Waals surface area contributed by atoms with Gasteiger partial charge >= 0.3 is 0 Å². The third kappa shape index (κ3) is 7.07. The van der Waals surface area contributed by atoms with Crippen molar-refractivity contribution in [1.29, 1.82) is 0 Å². The third-order valence-electron chi connectivity index (χ3n) is 11.4. The zero-order chi connectivity index (χ0) is 40.5. The predicted molar refractivity (Wildman–Crippen MR) is 251 cm³/mol. The van der Waals surface area contributed by atoms with Crippen LogP contribution in [0, 0.1) is 0 Å². The highest BCUT2D eigenvalue weighted by Crippen LogP contribution is 2.39. The van der Waals surface area contributed by atoms with Crippen LogP contribution in [-0.2, 0) is 0 Å². The fourth-order valence-electron chi connectivity index (χ4n) is 8.20. The van der Waals surface area contributed by atoms with E-state index in [1.807, 2.05) is 24.3 Å². The molecule has 0 fully saturated rings. The van der Waals surface area contributed by atoms with Gasteiger partial charge in [-0.15, -0.1) is 0 Å². The fraction of sp³-hybridized carbons (Fsp3) is 0. The van der Waals surface area contributed by atoms with E-state index in [9.17, 15) is 0 Å². The summed E-state index contributed by atoms with van der Waals surface area (Å²) in [5.74, 6) is 1.77. The van der Waals surface area contributed by atoms with Gasteiger partial charge < -0.3 is 4.42 Å². The predicted octanol–water partition coefficient (Wildman–Crippen LogP) is 15.1. The zero-order valence-corrected chi connectivity index (χ0v) is 33.1. The number of hydrogen-bond donors (Lipinski definition) is 0. The minimum absolute atomic E-state index is 0.575. The highest BCUT2D eigenvalue weighted by atomic mass is 16.3. The standard InChI is InChI=1S/C57H37N3O/c1-4-12-38(13-5-1)40-22-24-41(25-23-40)42-26-30-45(31-27-42)55-58-56(46-32-28-43(29-33-46)48-19-10-18-47(36-48)39-14-6-2-7-15-39)60-57(59-55)49-34-35-51-53(37-49)61-52-21-11-20-50(54(51)52)44-16-8-3-9-17-44/h1-37H. The summed E-state index contributed by atoms with van der Waals surface area (Å²) < 4.78 is 6.51. The molecule has 0 aliphatic rings. The fourth-order valence-corrected chi connectivity index (χ4v) is 8.20. The van der Waals surface area contributed by atoms with Crippen molar-refractivity contribution in [3.05, 3.63) is 224 Å². The van der Waals surface area contributed by atoms with E-state index >= 15 is 0 Å². The Hall–Kier alpha value is -8.21. The van der Waals surface area contributed by atoms with Crippen LogP contribution >= 0.6 is 0 Å². The Morgan fingerprint density at radius 1 is 0.246 bits per heavy atom. The summed E-state index contributed by atoms with van der Waals surface area (Å²) in [6.45, 7) is 0. The number of fused-ring (bicyclic) bond motifs is 3. The van der Waals surface area contributed by atoms with Crippen molar-refractivity contribution in [3.8, 4) is 89.8 Å². The van der Waals surface area contributed by atoms with Gasteiger partial charge in [0.15, 0.2) is 17.5 Å². The van der Waals surface area contributed by atoms with Crippen molar-refractivity contribution >= 4 is 21.9 Å². The number of furan rings is 1. The van der Waals surface area contributed by atoms with Crippen LogP contribution in [0.1, 0.15) is 0 Å². The molecule has 0 saturated carbocycles. The molecule has 0 unspecified atom stereocenters. The molecule has 0 atom stereocenters. The lowest BCUT2D eigenvalue weighted by molar-refractivity contribution is 0.669. The number of aromatic nitrogens is 3. The van der Waals surface area contributed by atoms with E-state index in [0.717, 1.165) is 72.0 Å². The van der Waals surface area contributed by atoms with Crippen molar-refractivity contribution in [2.45, 2.75) is 0 Å². The monoisotopic (exact) mass is 779 g/mol. The average molecular weight is 780 g/mol. The molecule has 0 bridgehead atoms. The Morgan fingerprint density at radius 3 is 1.15 bits per heavy atom. The van der Waals surface area contributed by atoms with Crippen molar-refractivity contribution in [2.75, 3.05) is 0 Å². The molecule has 9 aromatic carbocycles. The largest absolute Gasteiger partial charge is 0.456 e. The van der Waals surface area contributed by atoms with E-state index in [1.54, 1.807) is 0 Å². The van der Waals surface area contributed by atoms with Crippen LogP contribution in [0.25, 0.3) is 112 Å². The maximum absolute atomic E-state index is 6.51. The molecule has 61 heavy (non-hydrogen) atoms. The Bertz CT molecular complexity index is 3300.